The van der Waals surface area contributed by atoms with E-state index in [0.717, 1.165) is 0 Å². The lowest BCUT2D eigenvalue weighted by atomic mass is 10.2. The Hall–Kier alpha value is -1.11. The molecular weight excluding hydrogens is 112 g/mol. The molecule has 1 nitrogen and oxygen atoms in total. The quantitative estimate of drug-likeness (QED) is 0.412. The Bertz CT molecular complexity index is 163. The second-order valence-corrected chi connectivity index (χ2v) is 1.59. The van der Waals surface area contributed by atoms with E-state index >= 15 is 0 Å². The largest absolute Gasteiger partial charge is 0.289 e. The molecule has 0 heterocycles. The molecule has 0 N–H and O–H groups in total. The van der Waals surface area contributed by atoms with Crippen molar-refractivity contribution in [2.75, 3.05) is 0 Å². The van der Waals surface area contributed by atoms with Gasteiger partial charge in [-0.2, -0.15) is 0 Å². The van der Waals surface area contributed by atoms with Crippen LogP contribution in [0.5, 0.6) is 0 Å². The van der Waals surface area contributed by atoms with E-state index in [4.69, 9.17) is 0 Å². The summed E-state index contributed by atoms with van der Waals surface area (Å²) in [4.78, 5) is 10.7. The summed E-state index contributed by atoms with van der Waals surface area (Å²) >= 11 is 0. The van der Waals surface area contributed by atoms with Gasteiger partial charge < -0.3 is 0 Å². The molecule has 0 aromatic rings. The van der Waals surface area contributed by atoms with Crippen LogP contribution in [0.3, 0.4) is 0 Å². The molecular formula is C8H10O. The average Bonchev–Trinajstić information content (AvgIpc) is 1.87. The second-order valence-electron chi connectivity index (χ2n) is 1.59. The van der Waals surface area contributed by atoms with Crippen molar-refractivity contribution in [3.05, 3.63) is 37.0 Å². The van der Waals surface area contributed by atoms with Crippen molar-refractivity contribution >= 4 is 5.78 Å². The minimum absolute atomic E-state index is 0.0764. The zero-order valence-electron chi connectivity index (χ0n) is 5.55. The van der Waals surface area contributed by atoms with Crippen molar-refractivity contribution in [1.29, 1.82) is 0 Å². The van der Waals surface area contributed by atoms with E-state index in [2.05, 4.69) is 13.2 Å². The SMILES string of the molecule is C=CC(=C)C(=O)/C=C/C. The van der Waals surface area contributed by atoms with Gasteiger partial charge in [-0.3, -0.25) is 4.79 Å². The van der Waals surface area contributed by atoms with Crippen LogP contribution < -0.4 is 0 Å². The molecule has 0 bridgehead atoms. The molecule has 0 aliphatic carbocycles. The van der Waals surface area contributed by atoms with Crippen molar-refractivity contribution in [3.63, 3.8) is 0 Å². The van der Waals surface area contributed by atoms with E-state index in [9.17, 15) is 4.79 Å². The maximum atomic E-state index is 10.7. The third kappa shape index (κ3) is 2.65. The highest BCUT2D eigenvalue weighted by Gasteiger charge is 1.94. The van der Waals surface area contributed by atoms with Gasteiger partial charge in [0.25, 0.3) is 0 Å². The summed E-state index contributed by atoms with van der Waals surface area (Å²) in [6.07, 6.45) is 4.59. The molecule has 0 saturated heterocycles. The summed E-state index contributed by atoms with van der Waals surface area (Å²) < 4.78 is 0. The van der Waals surface area contributed by atoms with Gasteiger partial charge in [-0.15, -0.1) is 0 Å². The summed E-state index contributed by atoms with van der Waals surface area (Å²) in [5, 5.41) is 0. The summed E-state index contributed by atoms with van der Waals surface area (Å²) in [5.41, 5.74) is 0.438. The summed E-state index contributed by atoms with van der Waals surface area (Å²) in [6.45, 7) is 8.67. The van der Waals surface area contributed by atoms with Crippen molar-refractivity contribution in [1.82, 2.24) is 0 Å². The summed E-state index contributed by atoms with van der Waals surface area (Å²) in [6, 6.07) is 0. The van der Waals surface area contributed by atoms with Gasteiger partial charge >= 0.3 is 0 Å². The summed E-state index contributed by atoms with van der Waals surface area (Å²) in [5.74, 6) is -0.0764. The maximum Gasteiger partial charge on any atom is 0.184 e. The molecule has 0 fully saturated rings. The van der Waals surface area contributed by atoms with Crippen LogP contribution >= 0.6 is 0 Å². The highest BCUT2D eigenvalue weighted by Crippen LogP contribution is 1.93. The fourth-order valence-corrected chi connectivity index (χ4v) is 0.359. The van der Waals surface area contributed by atoms with Crippen LogP contribution in [0, 0.1) is 0 Å². The van der Waals surface area contributed by atoms with E-state index in [0.29, 0.717) is 5.57 Å². The number of carbonyl (C=O) groups is 1. The third-order valence-electron chi connectivity index (χ3n) is 0.881. The van der Waals surface area contributed by atoms with Crippen LogP contribution in [0.4, 0.5) is 0 Å². The van der Waals surface area contributed by atoms with Crippen molar-refractivity contribution in [2.45, 2.75) is 6.92 Å². The van der Waals surface area contributed by atoms with Crippen molar-refractivity contribution in [3.8, 4) is 0 Å². The van der Waals surface area contributed by atoms with Gasteiger partial charge in [0.15, 0.2) is 5.78 Å². The van der Waals surface area contributed by atoms with Crippen LogP contribution in [0.25, 0.3) is 0 Å². The Balaban J connectivity index is 4.04. The monoisotopic (exact) mass is 122 g/mol. The molecule has 0 aromatic heterocycles. The van der Waals surface area contributed by atoms with Crippen molar-refractivity contribution in [2.24, 2.45) is 0 Å². The molecule has 0 amide bonds. The molecule has 0 aliphatic rings. The van der Waals surface area contributed by atoms with Crippen LogP contribution in [0.2, 0.25) is 0 Å². The van der Waals surface area contributed by atoms with Gasteiger partial charge in [-0.1, -0.05) is 25.3 Å². The molecule has 0 atom stereocenters. The minimum atomic E-state index is -0.0764. The lowest BCUT2D eigenvalue weighted by Crippen LogP contribution is -1.91. The fraction of sp³-hybridized carbons (Fsp3) is 0.125. The van der Waals surface area contributed by atoms with E-state index in [1.54, 1.807) is 13.0 Å². The Morgan fingerprint density at radius 2 is 2.11 bits per heavy atom. The number of ketones is 1. The second kappa shape index (κ2) is 3.84. The number of hydrogen-bond acceptors (Lipinski definition) is 1. The van der Waals surface area contributed by atoms with Crippen LogP contribution in [0.15, 0.2) is 37.0 Å². The van der Waals surface area contributed by atoms with E-state index in [1.807, 2.05) is 0 Å². The Morgan fingerprint density at radius 3 is 2.44 bits per heavy atom. The van der Waals surface area contributed by atoms with E-state index < -0.39 is 0 Å². The molecule has 0 aliphatic heterocycles. The molecule has 0 saturated carbocycles. The van der Waals surface area contributed by atoms with Crippen LogP contribution in [-0.2, 0) is 4.79 Å². The van der Waals surface area contributed by atoms with Crippen LogP contribution in [0.1, 0.15) is 6.92 Å². The smallest absolute Gasteiger partial charge is 0.184 e. The van der Waals surface area contributed by atoms with E-state index in [-0.39, 0.29) is 5.78 Å². The van der Waals surface area contributed by atoms with E-state index in [1.165, 1.54) is 12.2 Å². The topological polar surface area (TPSA) is 17.1 Å². The molecule has 0 radical (unpaired) electrons. The average molecular weight is 122 g/mol. The molecule has 9 heavy (non-hydrogen) atoms. The predicted octanol–water partition coefficient (Wildman–Crippen LogP) is 1.87. The molecule has 1 heteroatoms. The molecule has 0 aromatic carbocycles. The molecule has 48 valence electrons. The summed E-state index contributed by atoms with van der Waals surface area (Å²) in [7, 11) is 0. The number of carbonyl (C=O) groups excluding carboxylic acids is 1. The Kier molecular flexibility index (Phi) is 3.37. The van der Waals surface area contributed by atoms with Gasteiger partial charge in [0, 0.05) is 5.57 Å². The first-order valence-corrected chi connectivity index (χ1v) is 2.70. The molecule has 0 rings (SSSR count). The van der Waals surface area contributed by atoms with Crippen LogP contribution in [-0.4, -0.2) is 5.78 Å². The standard InChI is InChI=1S/C8H10O/c1-4-6-8(9)7(3)5-2/h4-6H,2-3H2,1H3/b6-4+. The third-order valence-corrected chi connectivity index (χ3v) is 0.881. The highest BCUT2D eigenvalue weighted by atomic mass is 16.1. The fourth-order valence-electron chi connectivity index (χ4n) is 0.359. The lowest BCUT2D eigenvalue weighted by Gasteiger charge is -1.87. The van der Waals surface area contributed by atoms with Gasteiger partial charge in [0.1, 0.15) is 0 Å². The van der Waals surface area contributed by atoms with Gasteiger partial charge in [-0.05, 0) is 13.0 Å². The number of allylic oxidation sites excluding steroid dienone is 4. The molecule has 0 unspecified atom stereocenters. The predicted molar refractivity (Wildman–Crippen MR) is 39.2 cm³/mol. The highest BCUT2D eigenvalue weighted by molar-refractivity contribution is 6.05. The van der Waals surface area contributed by atoms with Gasteiger partial charge in [0.2, 0.25) is 0 Å². The molecule has 0 spiro atoms. The van der Waals surface area contributed by atoms with Crippen molar-refractivity contribution < 1.29 is 4.79 Å². The Labute approximate surface area is 55.4 Å². The first-order valence-electron chi connectivity index (χ1n) is 2.70. The zero-order chi connectivity index (χ0) is 7.28. The Morgan fingerprint density at radius 1 is 1.56 bits per heavy atom. The van der Waals surface area contributed by atoms with Gasteiger partial charge in [0.05, 0.1) is 0 Å². The maximum absolute atomic E-state index is 10.7. The normalized spacial score (nSPS) is 9.44. The number of hydrogen-bond donors (Lipinski definition) is 0. The zero-order valence-corrected chi connectivity index (χ0v) is 5.55. The number of rotatable bonds is 3. The van der Waals surface area contributed by atoms with Gasteiger partial charge in [-0.25, -0.2) is 0 Å². The first-order chi connectivity index (χ1) is 4.22. The first kappa shape index (κ1) is 7.89. The lowest BCUT2D eigenvalue weighted by molar-refractivity contribution is -0.111. The minimum Gasteiger partial charge on any atom is -0.289 e.